The molecule has 0 atom stereocenters. The number of para-hydroxylation sites is 2. The second kappa shape index (κ2) is 5.36. The summed E-state index contributed by atoms with van der Waals surface area (Å²) in [6, 6.07) is 8.37. The van der Waals surface area contributed by atoms with Crippen molar-refractivity contribution in [1.82, 2.24) is 4.98 Å². The minimum atomic E-state index is -4.78. The molecule has 1 heterocycles. The Balaban J connectivity index is 2.22. The van der Waals surface area contributed by atoms with E-state index in [1.165, 1.54) is 36.5 Å². The maximum Gasteiger partial charge on any atom is 0.573 e. The van der Waals surface area contributed by atoms with Crippen LogP contribution in [-0.2, 0) is 0 Å². The van der Waals surface area contributed by atoms with Gasteiger partial charge < -0.3 is 9.47 Å². The zero-order valence-electron chi connectivity index (χ0n) is 9.32. The number of pyridine rings is 1. The van der Waals surface area contributed by atoms with Crippen LogP contribution in [0.5, 0.6) is 17.4 Å². The lowest BCUT2D eigenvalue weighted by molar-refractivity contribution is -0.275. The van der Waals surface area contributed by atoms with E-state index in [-0.39, 0.29) is 11.6 Å². The summed E-state index contributed by atoms with van der Waals surface area (Å²) in [6.45, 7) is 0. The number of hydrogen-bond acceptors (Lipinski definition) is 3. The molecule has 0 amide bonds. The average Bonchev–Trinajstić information content (AvgIpc) is 2.33. The SMILES string of the molecule is FC(F)(F)Oc1ccccc1Oc1ccc(Cl)cn1. The van der Waals surface area contributed by atoms with E-state index in [0.717, 1.165) is 6.07 Å². The second-order valence-electron chi connectivity index (χ2n) is 3.41. The van der Waals surface area contributed by atoms with Crippen molar-refractivity contribution in [2.45, 2.75) is 6.36 Å². The highest BCUT2D eigenvalue weighted by Crippen LogP contribution is 2.34. The van der Waals surface area contributed by atoms with Crippen molar-refractivity contribution in [2.24, 2.45) is 0 Å². The highest BCUT2D eigenvalue weighted by Gasteiger charge is 2.32. The smallest absolute Gasteiger partial charge is 0.435 e. The lowest BCUT2D eigenvalue weighted by Gasteiger charge is -2.13. The first-order chi connectivity index (χ1) is 8.94. The van der Waals surface area contributed by atoms with Gasteiger partial charge in [0.2, 0.25) is 5.88 Å². The Morgan fingerprint density at radius 1 is 1.00 bits per heavy atom. The Labute approximate surface area is 111 Å². The van der Waals surface area contributed by atoms with Crippen molar-refractivity contribution in [1.29, 1.82) is 0 Å². The van der Waals surface area contributed by atoms with E-state index < -0.39 is 12.1 Å². The van der Waals surface area contributed by atoms with E-state index in [9.17, 15) is 13.2 Å². The lowest BCUT2D eigenvalue weighted by Crippen LogP contribution is -2.17. The summed E-state index contributed by atoms with van der Waals surface area (Å²) in [6.07, 6.45) is -3.46. The molecule has 0 aliphatic rings. The predicted molar refractivity (Wildman–Crippen MR) is 62.4 cm³/mol. The van der Waals surface area contributed by atoms with Crippen molar-refractivity contribution < 1.29 is 22.6 Å². The Morgan fingerprint density at radius 2 is 1.68 bits per heavy atom. The number of nitrogens with zero attached hydrogens (tertiary/aromatic N) is 1. The summed E-state index contributed by atoms with van der Waals surface area (Å²) < 4.78 is 45.7. The molecule has 0 bridgehead atoms. The lowest BCUT2D eigenvalue weighted by atomic mass is 10.3. The molecule has 0 saturated heterocycles. The first kappa shape index (κ1) is 13.5. The topological polar surface area (TPSA) is 31.4 Å². The fourth-order valence-corrected chi connectivity index (χ4v) is 1.39. The Morgan fingerprint density at radius 3 is 2.26 bits per heavy atom. The Bertz CT molecular complexity index is 558. The molecule has 0 radical (unpaired) electrons. The zero-order chi connectivity index (χ0) is 13.9. The van der Waals surface area contributed by atoms with Gasteiger partial charge in [-0.15, -0.1) is 13.2 Å². The number of aromatic nitrogens is 1. The summed E-state index contributed by atoms with van der Waals surface area (Å²) in [5, 5.41) is 0.396. The van der Waals surface area contributed by atoms with E-state index in [1.807, 2.05) is 0 Å². The van der Waals surface area contributed by atoms with E-state index in [4.69, 9.17) is 16.3 Å². The second-order valence-corrected chi connectivity index (χ2v) is 3.85. The van der Waals surface area contributed by atoms with Crippen LogP contribution in [0.15, 0.2) is 42.6 Å². The van der Waals surface area contributed by atoms with Gasteiger partial charge in [-0.1, -0.05) is 23.7 Å². The van der Waals surface area contributed by atoms with E-state index in [0.29, 0.717) is 5.02 Å². The van der Waals surface area contributed by atoms with Crippen LogP contribution in [-0.4, -0.2) is 11.3 Å². The maximum absolute atomic E-state index is 12.2. The van der Waals surface area contributed by atoms with Gasteiger partial charge in [0.25, 0.3) is 0 Å². The van der Waals surface area contributed by atoms with Crippen LogP contribution in [0.25, 0.3) is 0 Å². The molecule has 3 nitrogen and oxygen atoms in total. The normalized spacial score (nSPS) is 11.2. The molecule has 2 rings (SSSR count). The molecule has 7 heteroatoms. The summed E-state index contributed by atoms with van der Waals surface area (Å²) in [7, 11) is 0. The fourth-order valence-electron chi connectivity index (χ4n) is 1.28. The van der Waals surface area contributed by atoms with Crippen LogP contribution in [0.3, 0.4) is 0 Å². The third-order valence-electron chi connectivity index (χ3n) is 1.99. The van der Waals surface area contributed by atoms with Crippen LogP contribution in [0.1, 0.15) is 0 Å². The number of ether oxygens (including phenoxy) is 2. The first-order valence-corrected chi connectivity index (χ1v) is 5.46. The highest BCUT2D eigenvalue weighted by atomic mass is 35.5. The standard InChI is InChI=1S/C12H7ClF3NO2/c13-8-5-6-11(17-7-8)18-9-3-1-2-4-10(9)19-12(14,15)16/h1-7H. The molecule has 0 aliphatic carbocycles. The van der Waals surface area contributed by atoms with Gasteiger partial charge >= 0.3 is 6.36 Å². The molecule has 1 aromatic heterocycles. The molecule has 100 valence electrons. The molecule has 0 unspecified atom stereocenters. The van der Waals surface area contributed by atoms with Gasteiger partial charge in [-0.05, 0) is 18.2 Å². The van der Waals surface area contributed by atoms with Gasteiger partial charge in [0, 0.05) is 12.3 Å². The minimum Gasteiger partial charge on any atom is -0.435 e. The molecular formula is C12H7ClF3NO2. The van der Waals surface area contributed by atoms with Crippen LogP contribution in [0.4, 0.5) is 13.2 Å². The number of alkyl halides is 3. The summed E-state index contributed by atoms with van der Waals surface area (Å²) in [5.74, 6) is -0.413. The van der Waals surface area contributed by atoms with E-state index in [1.54, 1.807) is 0 Å². The van der Waals surface area contributed by atoms with Gasteiger partial charge in [-0.3, -0.25) is 0 Å². The summed E-state index contributed by atoms with van der Waals surface area (Å²) in [4.78, 5) is 3.82. The van der Waals surface area contributed by atoms with Gasteiger partial charge in [0.05, 0.1) is 5.02 Å². The van der Waals surface area contributed by atoms with Crippen molar-refractivity contribution in [2.75, 3.05) is 0 Å². The van der Waals surface area contributed by atoms with Crippen molar-refractivity contribution in [3.8, 4) is 17.4 Å². The van der Waals surface area contributed by atoms with Crippen molar-refractivity contribution in [3.63, 3.8) is 0 Å². The molecule has 0 spiro atoms. The molecule has 0 N–H and O–H groups in total. The zero-order valence-corrected chi connectivity index (χ0v) is 10.1. The third-order valence-corrected chi connectivity index (χ3v) is 2.21. The molecule has 1 aromatic carbocycles. The minimum absolute atomic E-state index is 0.0883. The van der Waals surface area contributed by atoms with E-state index in [2.05, 4.69) is 9.72 Å². The molecular weight excluding hydrogens is 283 g/mol. The molecule has 19 heavy (non-hydrogen) atoms. The maximum atomic E-state index is 12.2. The largest absolute Gasteiger partial charge is 0.573 e. The number of halogens is 4. The van der Waals surface area contributed by atoms with Gasteiger partial charge in [-0.25, -0.2) is 4.98 Å². The highest BCUT2D eigenvalue weighted by molar-refractivity contribution is 6.30. The monoisotopic (exact) mass is 289 g/mol. The summed E-state index contributed by atoms with van der Waals surface area (Å²) in [5.41, 5.74) is 0. The van der Waals surface area contributed by atoms with Crippen molar-refractivity contribution >= 4 is 11.6 Å². The molecule has 0 saturated carbocycles. The fraction of sp³-hybridized carbons (Fsp3) is 0.0833. The van der Waals surface area contributed by atoms with Crippen LogP contribution < -0.4 is 9.47 Å². The Hall–Kier alpha value is -1.95. The van der Waals surface area contributed by atoms with Gasteiger partial charge in [-0.2, -0.15) is 0 Å². The molecule has 0 fully saturated rings. The Kier molecular flexibility index (Phi) is 3.80. The van der Waals surface area contributed by atoms with Gasteiger partial charge in [0.15, 0.2) is 11.5 Å². The van der Waals surface area contributed by atoms with E-state index >= 15 is 0 Å². The predicted octanol–water partition coefficient (Wildman–Crippen LogP) is 4.43. The van der Waals surface area contributed by atoms with Crippen molar-refractivity contribution in [3.05, 3.63) is 47.6 Å². The summed E-state index contributed by atoms with van der Waals surface area (Å²) >= 11 is 5.64. The average molecular weight is 290 g/mol. The number of rotatable bonds is 3. The van der Waals surface area contributed by atoms with Crippen LogP contribution in [0, 0.1) is 0 Å². The first-order valence-electron chi connectivity index (χ1n) is 5.08. The molecule has 2 aromatic rings. The number of benzene rings is 1. The quantitative estimate of drug-likeness (QED) is 0.838. The van der Waals surface area contributed by atoms with Crippen LogP contribution >= 0.6 is 11.6 Å². The van der Waals surface area contributed by atoms with Crippen LogP contribution in [0.2, 0.25) is 5.02 Å². The molecule has 0 aliphatic heterocycles. The van der Waals surface area contributed by atoms with Gasteiger partial charge in [0.1, 0.15) is 0 Å². The third kappa shape index (κ3) is 4.03. The number of hydrogen-bond donors (Lipinski definition) is 0.